The third-order valence-electron chi connectivity index (χ3n) is 4.21. The zero-order valence-corrected chi connectivity index (χ0v) is 14.5. The number of hydrogen-bond donors (Lipinski definition) is 1. The monoisotopic (exact) mass is 296 g/mol. The van der Waals surface area contributed by atoms with Crippen LogP contribution >= 0.6 is 0 Å². The van der Waals surface area contributed by atoms with Crippen LogP contribution in [0.2, 0.25) is 0 Å². The molecule has 1 saturated heterocycles. The van der Waals surface area contributed by atoms with Crippen LogP contribution in [0.3, 0.4) is 0 Å². The van der Waals surface area contributed by atoms with Gasteiger partial charge in [0.2, 0.25) is 11.8 Å². The Kier molecular flexibility index (Phi) is 6.24. The van der Waals surface area contributed by atoms with Crippen LogP contribution in [-0.4, -0.2) is 35.3 Å². The maximum absolute atomic E-state index is 12.9. The fraction of sp³-hybridized carbons (Fsp3) is 0.882. The molecule has 0 bridgehead atoms. The number of rotatable bonds is 6. The molecule has 4 nitrogen and oxygen atoms in total. The number of nitrogens with one attached hydrogen (secondary N) is 1. The lowest BCUT2D eigenvalue weighted by molar-refractivity contribution is -0.153. The van der Waals surface area contributed by atoms with Crippen LogP contribution in [0.4, 0.5) is 0 Å². The molecule has 1 N–H and O–H groups in total. The van der Waals surface area contributed by atoms with E-state index >= 15 is 0 Å². The second-order valence-electron chi connectivity index (χ2n) is 7.50. The smallest absolute Gasteiger partial charge is 0.246 e. The predicted molar refractivity (Wildman–Crippen MR) is 85.9 cm³/mol. The molecule has 1 aliphatic heterocycles. The zero-order valence-electron chi connectivity index (χ0n) is 14.5. The SMILES string of the molecule is CCCC(C)CN1C(=O)C(C(C)(C)C)NC(=O)C1CCC. The maximum Gasteiger partial charge on any atom is 0.246 e. The van der Waals surface area contributed by atoms with Gasteiger partial charge in [-0.15, -0.1) is 0 Å². The molecule has 1 heterocycles. The lowest BCUT2D eigenvalue weighted by Gasteiger charge is -2.44. The van der Waals surface area contributed by atoms with E-state index in [2.05, 4.69) is 26.1 Å². The van der Waals surface area contributed by atoms with Gasteiger partial charge in [-0.2, -0.15) is 0 Å². The number of carbonyl (C=O) groups is 2. The fourth-order valence-electron chi connectivity index (χ4n) is 3.05. The molecule has 0 aromatic heterocycles. The summed E-state index contributed by atoms with van der Waals surface area (Å²) in [4.78, 5) is 27.1. The minimum absolute atomic E-state index is 0.0140. The van der Waals surface area contributed by atoms with Crippen molar-refractivity contribution in [1.82, 2.24) is 10.2 Å². The molecule has 3 unspecified atom stereocenters. The van der Waals surface area contributed by atoms with Crippen molar-refractivity contribution in [3.63, 3.8) is 0 Å². The van der Waals surface area contributed by atoms with Gasteiger partial charge in [0.15, 0.2) is 0 Å². The molecule has 4 heteroatoms. The first-order valence-electron chi connectivity index (χ1n) is 8.33. The maximum atomic E-state index is 12.9. The summed E-state index contributed by atoms with van der Waals surface area (Å²) in [5, 5.41) is 2.95. The highest BCUT2D eigenvalue weighted by atomic mass is 16.2. The van der Waals surface area contributed by atoms with Crippen molar-refractivity contribution < 1.29 is 9.59 Å². The van der Waals surface area contributed by atoms with Gasteiger partial charge in [0.05, 0.1) is 0 Å². The fourth-order valence-corrected chi connectivity index (χ4v) is 3.05. The summed E-state index contributed by atoms with van der Waals surface area (Å²) in [6.07, 6.45) is 3.85. The Morgan fingerprint density at radius 1 is 1.19 bits per heavy atom. The van der Waals surface area contributed by atoms with Crippen LogP contribution in [0.1, 0.15) is 67.2 Å². The third kappa shape index (κ3) is 4.45. The minimum Gasteiger partial charge on any atom is -0.342 e. The molecule has 3 atom stereocenters. The Bertz CT molecular complexity index is 373. The molecule has 21 heavy (non-hydrogen) atoms. The van der Waals surface area contributed by atoms with Crippen molar-refractivity contribution >= 4 is 11.8 Å². The zero-order chi connectivity index (χ0) is 16.2. The van der Waals surface area contributed by atoms with Gasteiger partial charge in [-0.25, -0.2) is 0 Å². The van der Waals surface area contributed by atoms with Gasteiger partial charge in [-0.05, 0) is 24.2 Å². The van der Waals surface area contributed by atoms with Crippen LogP contribution in [-0.2, 0) is 9.59 Å². The van der Waals surface area contributed by atoms with Gasteiger partial charge in [0.25, 0.3) is 0 Å². The van der Waals surface area contributed by atoms with Crippen molar-refractivity contribution in [3.8, 4) is 0 Å². The molecule has 0 saturated carbocycles. The summed E-state index contributed by atoms with van der Waals surface area (Å²) in [6.45, 7) is 13.1. The van der Waals surface area contributed by atoms with Crippen molar-refractivity contribution in [2.24, 2.45) is 11.3 Å². The average Bonchev–Trinajstić information content (AvgIpc) is 2.36. The number of nitrogens with zero attached hydrogens (tertiary/aromatic N) is 1. The van der Waals surface area contributed by atoms with E-state index in [0.29, 0.717) is 12.5 Å². The molecule has 0 radical (unpaired) electrons. The van der Waals surface area contributed by atoms with E-state index in [4.69, 9.17) is 0 Å². The second kappa shape index (κ2) is 7.28. The van der Waals surface area contributed by atoms with Crippen molar-refractivity contribution in [1.29, 1.82) is 0 Å². The number of piperazine rings is 1. The van der Waals surface area contributed by atoms with E-state index in [-0.39, 0.29) is 23.3 Å². The van der Waals surface area contributed by atoms with E-state index in [1.807, 2.05) is 25.7 Å². The summed E-state index contributed by atoms with van der Waals surface area (Å²) >= 11 is 0. The first-order valence-corrected chi connectivity index (χ1v) is 8.33. The lowest BCUT2D eigenvalue weighted by atomic mass is 9.83. The summed E-state index contributed by atoms with van der Waals surface area (Å²) in [5.74, 6) is 0.536. The Morgan fingerprint density at radius 3 is 2.29 bits per heavy atom. The third-order valence-corrected chi connectivity index (χ3v) is 4.21. The molecule has 0 aliphatic carbocycles. The van der Waals surface area contributed by atoms with Crippen LogP contribution in [0.5, 0.6) is 0 Å². The molecule has 1 fully saturated rings. The highest BCUT2D eigenvalue weighted by Crippen LogP contribution is 2.27. The summed E-state index contributed by atoms with van der Waals surface area (Å²) in [7, 11) is 0. The predicted octanol–water partition coefficient (Wildman–Crippen LogP) is 2.96. The standard InChI is InChI=1S/C17H32N2O2/c1-7-9-12(3)11-19-13(10-8-2)15(20)18-14(16(19)21)17(4,5)6/h12-14H,7-11H2,1-6H3,(H,18,20). The summed E-state index contributed by atoms with van der Waals surface area (Å²) in [6, 6.07) is -0.702. The van der Waals surface area contributed by atoms with E-state index in [0.717, 1.165) is 25.7 Å². The molecule has 0 spiro atoms. The van der Waals surface area contributed by atoms with Crippen molar-refractivity contribution in [2.45, 2.75) is 79.3 Å². The molecule has 1 rings (SSSR count). The Morgan fingerprint density at radius 2 is 1.81 bits per heavy atom. The van der Waals surface area contributed by atoms with E-state index in [1.165, 1.54) is 0 Å². The first kappa shape index (κ1) is 18.0. The van der Waals surface area contributed by atoms with Crippen LogP contribution in [0.15, 0.2) is 0 Å². The Labute approximate surface area is 129 Å². The normalized spacial score (nSPS) is 25.0. The summed E-state index contributed by atoms with van der Waals surface area (Å²) in [5.41, 5.74) is -0.254. The summed E-state index contributed by atoms with van der Waals surface area (Å²) < 4.78 is 0. The molecule has 0 aromatic carbocycles. The van der Waals surface area contributed by atoms with Crippen LogP contribution in [0.25, 0.3) is 0 Å². The highest BCUT2D eigenvalue weighted by Gasteiger charge is 2.44. The van der Waals surface area contributed by atoms with Gasteiger partial charge in [-0.1, -0.05) is 54.4 Å². The molecule has 1 aliphatic rings. The van der Waals surface area contributed by atoms with Gasteiger partial charge in [0, 0.05) is 6.54 Å². The molecule has 122 valence electrons. The van der Waals surface area contributed by atoms with Gasteiger partial charge in [0.1, 0.15) is 12.1 Å². The van der Waals surface area contributed by atoms with E-state index in [1.54, 1.807) is 0 Å². The van der Waals surface area contributed by atoms with Crippen molar-refractivity contribution in [2.75, 3.05) is 6.54 Å². The lowest BCUT2D eigenvalue weighted by Crippen LogP contribution is -2.67. The number of amides is 2. The second-order valence-corrected chi connectivity index (χ2v) is 7.50. The number of carbonyl (C=O) groups excluding carboxylic acids is 2. The minimum atomic E-state index is -0.410. The first-order chi connectivity index (χ1) is 9.72. The molecular weight excluding hydrogens is 264 g/mol. The highest BCUT2D eigenvalue weighted by molar-refractivity contribution is 5.97. The van der Waals surface area contributed by atoms with E-state index < -0.39 is 6.04 Å². The molecule has 0 aromatic rings. The molecule has 2 amide bonds. The number of hydrogen-bond acceptors (Lipinski definition) is 2. The van der Waals surface area contributed by atoms with Gasteiger partial charge < -0.3 is 10.2 Å². The molecular formula is C17H32N2O2. The Hall–Kier alpha value is -1.06. The van der Waals surface area contributed by atoms with E-state index in [9.17, 15) is 9.59 Å². The largest absolute Gasteiger partial charge is 0.342 e. The van der Waals surface area contributed by atoms with Gasteiger partial charge in [-0.3, -0.25) is 9.59 Å². The average molecular weight is 296 g/mol. The van der Waals surface area contributed by atoms with Gasteiger partial charge >= 0.3 is 0 Å². The topological polar surface area (TPSA) is 49.4 Å². The van der Waals surface area contributed by atoms with Crippen molar-refractivity contribution in [3.05, 3.63) is 0 Å². The Balaban J connectivity index is 2.97. The van der Waals surface area contributed by atoms with Crippen LogP contribution < -0.4 is 5.32 Å². The van der Waals surface area contributed by atoms with Crippen LogP contribution in [0, 0.1) is 11.3 Å². The quantitative estimate of drug-likeness (QED) is 0.819.